The van der Waals surface area contributed by atoms with Crippen molar-refractivity contribution in [3.63, 3.8) is 0 Å². The second-order valence-corrected chi connectivity index (χ2v) is 15.1. The van der Waals surface area contributed by atoms with Crippen molar-refractivity contribution in [3.8, 4) is 0 Å². The van der Waals surface area contributed by atoms with Crippen molar-refractivity contribution in [1.29, 1.82) is 0 Å². The predicted octanol–water partition coefficient (Wildman–Crippen LogP) is 6.46. The lowest BCUT2D eigenvalue weighted by Crippen LogP contribution is -2.61. The Balaban J connectivity index is 1.16. The van der Waals surface area contributed by atoms with Crippen LogP contribution in [-0.4, -0.2) is 58.0 Å². The fourth-order valence-electron chi connectivity index (χ4n) is 8.20. The van der Waals surface area contributed by atoms with E-state index in [1.165, 1.54) is 24.2 Å². The number of anilines is 1. The minimum atomic E-state index is -0.703. The van der Waals surface area contributed by atoms with Crippen LogP contribution in [0.25, 0.3) is 0 Å². The van der Waals surface area contributed by atoms with E-state index in [1.54, 1.807) is 36.4 Å². The second kappa shape index (κ2) is 13.8. The van der Waals surface area contributed by atoms with Crippen molar-refractivity contribution in [2.24, 2.45) is 5.92 Å². The zero-order valence-electron chi connectivity index (χ0n) is 28.6. The average Bonchev–Trinajstić information content (AvgIpc) is 3.36. The van der Waals surface area contributed by atoms with Crippen molar-refractivity contribution in [2.75, 3.05) is 11.4 Å². The molecule has 6 atom stereocenters. The molecule has 49 heavy (non-hydrogen) atoms. The highest BCUT2D eigenvalue weighted by atomic mass is 16.7. The topological polar surface area (TPSA) is 108 Å². The molecule has 3 aromatic rings. The number of rotatable bonds is 7. The number of aliphatic hydroxyl groups is 1. The van der Waals surface area contributed by atoms with Gasteiger partial charge in [0, 0.05) is 30.1 Å². The maximum atomic E-state index is 13.7. The first kappa shape index (κ1) is 33.6. The fourth-order valence-corrected chi connectivity index (χ4v) is 8.20. The molecular formula is C40H47N3O6. The first-order valence-electron chi connectivity index (χ1n) is 17.8. The Labute approximate surface area is 288 Å². The molecule has 3 amide bonds. The summed E-state index contributed by atoms with van der Waals surface area (Å²) in [4.78, 5) is 43.7. The van der Waals surface area contributed by atoms with Crippen LogP contribution < -0.4 is 10.2 Å². The number of imide groups is 1. The van der Waals surface area contributed by atoms with Crippen LogP contribution in [0.5, 0.6) is 0 Å². The molecule has 7 rings (SSSR count). The number of fused-ring (bicyclic) bond motifs is 2. The molecule has 0 aromatic heterocycles. The summed E-state index contributed by atoms with van der Waals surface area (Å²) in [6, 6.07) is 22.1. The van der Waals surface area contributed by atoms with Gasteiger partial charge < -0.3 is 19.9 Å². The molecule has 0 bridgehead atoms. The van der Waals surface area contributed by atoms with Crippen molar-refractivity contribution < 1.29 is 29.0 Å². The maximum absolute atomic E-state index is 13.7. The van der Waals surface area contributed by atoms with Crippen molar-refractivity contribution in [3.05, 3.63) is 101 Å². The number of aliphatic hydroxyl groups excluding tert-OH is 1. The summed E-state index contributed by atoms with van der Waals surface area (Å²) in [7, 11) is 0. The van der Waals surface area contributed by atoms with Gasteiger partial charge in [0.1, 0.15) is 0 Å². The monoisotopic (exact) mass is 665 g/mol. The number of nitrogens with one attached hydrogen (secondary N) is 1. The van der Waals surface area contributed by atoms with Crippen molar-refractivity contribution >= 4 is 23.4 Å². The summed E-state index contributed by atoms with van der Waals surface area (Å²) in [5.41, 5.74) is 3.58. The van der Waals surface area contributed by atoms with Gasteiger partial charge in [0.2, 0.25) is 5.91 Å². The van der Waals surface area contributed by atoms with Gasteiger partial charge in [0.15, 0.2) is 6.29 Å². The number of carbonyl (C=O) groups is 3. The third-order valence-electron chi connectivity index (χ3n) is 10.6. The van der Waals surface area contributed by atoms with Gasteiger partial charge in [-0.2, -0.15) is 0 Å². The zero-order chi connectivity index (χ0) is 34.3. The molecule has 9 heteroatoms. The predicted molar refractivity (Wildman–Crippen MR) is 186 cm³/mol. The lowest BCUT2D eigenvalue weighted by atomic mass is 9.75. The molecule has 3 fully saturated rings. The number of likely N-dealkylation sites (tertiary alicyclic amines) is 1. The van der Waals surface area contributed by atoms with Crippen LogP contribution in [-0.2, 0) is 20.9 Å². The highest BCUT2D eigenvalue weighted by Gasteiger charge is 2.44. The summed E-state index contributed by atoms with van der Waals surface area (Å²) in [6.45, 7) is 6.66. The number of hydrogen-bond acceptors (Lipinski definition) is 7. The zero-order valence-corrected chi connectivity index (χ0v) is 28.6. The van der Waals surface area contributed by atoms with Crippen LogP contribution in [0.2, 0.25) is 0 Å². The van der Waals surface area contributed by atoms with Gasteiger partial charge in [0.25, 0.3) is 11.8 Å². The second-order valence-electron chi connectivity index (χ2n) is 15.1. The standard InChI is InChI=1S/C40H47N3O6/c1-40(2,3)41-36(45)34-21-18-26-8-4-7-11-33(26)42(34)23-30-22-35(27-14-12-25(24-44)13-15-27)49-39(48-30)28-16-19-29(20-17-28)43-37(46)31-9-5-6-10-32(31)38(43)47/h5-6,9-10,12-17,19-20,26,30,33-35,39,44H,4,7-8,11,18,21-24H2,1-3H3,(H,41,45)/t26-,30-,33-,34-,35+,39+/m1/s1. The molecule has 258 valence electrons. The Morgan fingerprint density at radius 2 is 1.49 bits per heavy atom. The van der Waals surface area contributed by atoms with E-state index in [1.807, 2.05) is 57.2 Å². The molecule has 2 N–H and O–H groups in total. The van der Waals surface area contributed by atoms with Crippen molar-refractivity contribution in [2.45, 2.75) is 108 Å². The van der Waals surface area contributed by atoms with Gasteiger partial charge in [-0.15, -0.1) is 0 Å². The molecule has 0 spiro atoms. The number of nitrogens with zero attached hydrogens (tertiary/aromatic N) is 2. The van der Waals surface area contributed by atoms with Gasteiger partial charge >= 0.3 is 0 Å². The molecule has 0 radical (unpaired) electrons. The van der Waals surface area contributed by atoms with E-state index in [-0.39, 0.29) is 48.1 Å². The lowest BCUT2D eigenvalue weighted by Gasteiger charge is -2.50. The van der Waals surface area contributed by atoms with Crippen LogP contribution in [0, 0.1) is 5.92 Å². The number of benzene rings is 3. The fraction of sp³-hybridized carbons (Fsp3) is 0.475. The van der Waals surface area contributed by atoms with E-state index in [2.05, 4.69) is 10.2 Å². The number of hydrogen-bond donors (Lipinski definition) is 2. The Bertz CT molecular complexity index is 1650. The van der Waals surface area contributed by atoms with Gasteiger partial charge in [-0.05, 0) is 87.8 Å². The Morgan fingerprint density at radius 1 is 0.837 bits per heavy atom. The van der Waals surface area contributed by atoms with Crippen LogP contribution >= 0.6 is 0 Å². The Morgan fingerprint density at radius 3 is 2.14 bits per heavy atom. The van der Waals surface area contributed by atoms with E-state index in [4.69, 9.17) is 9.47 Å². The molecule has 9 nitrogen and oxygen atoms in total. The third-order valence-corrected chi connectivity index (χ3v) is 10.6. The van der Waals surface area contributed by atoms with Crippen LogP contribution in [0.3, 0.4) is 0 Å². The van der Waals surface area contributed by atoms with Crippen LogP contribution in [0.1, 0.15) is 116 Å². The smallest absolute Gasteiger partial charge is 0.266 e. The molecule has 0 unspecified atom stereocenters. The first-order valence-corrected chi connectivity index (χ1v) is 17.8. The number of amides is 3. The number of piperidine rings is 1. The number of carbonyl (C=O) groups excluding carboxylic acids is 3. The van der Waals surface area contributed by atoms with Crippen LogP contribution in [0.4, 0.5) is 5.69 Å². The van der Waals surface area contributed by atoms with E-state index in [0.29, 0.717) is 41.7 Å². The minimum absolute atomic E-state index is 0.0326. The Hall–Kier alpha value is -3.89. The molecule has 3 heterocycles. The van der Waals surface area contributed by atoms with Gasteiger partial charge in [-0.3, -0.25) is 19.3 Å². The molecule has 4 aliphatic rings. The molecule has 1 aliphatic carbocycles. The van der Waals surface area contributed by atoms with Gasteiger partial charge in [-0.25, -0.2) is 4.90 Å². The molecule has 3 aromatic carbocycles. The summed E-state index contributed by atoms with van der Waals surface area (Å²) in [5, 5.41) is 12.9. The summed E-state index contributed by atoms with van der Waals surface area (Å²) in [5.74, 6) is -0.00486. The quantitative estimate of drug-likeness (QED) is 0.279. The van der Waals surface area contributed by atoms with E-state index in [0.717, 1.165) is 36.0 Å². The summed E-state index contributed by atoms with van der Waals surface area (Å²) < 4.78 is 13.4. The minimum Gasteiger partial charge on any atom is -0.392 e. The largest absolute Gasteiger partial charge is 0.392 e. The molecule has 1 saturated carbocycles. The van der Waals surface area contributed by atoms with Crippen LogP contribution in [0.15, 0.2) is 72.8 Å². The highest BCUT2D eigenvalue weighted by Crippen LogP contribution is 2.42. The van der Waals surface area contributed by atoms with E-state index >= 15 is 0 Å². The first-order chi connectivity index (χ1) is 23.6. The summed E-state index contributed by atoms with van der Waals surface area (Å²) in [6.07, 6.45) is 6.02. The highest BCUT2D eigenvalue weighted by molar-refractivity contribution is 6.34. The van der Waals surface area contributed by atoms with Gasteiger partial charge in [0.05, 0.1) is 41.7 Å². The van der Waals surface area contributed by atoms with E-state index in [9.17, 15) is 19.5 Å². The van der Waals surface area contributed by atoms with Crippen molar-refractivity contribution in [1.82, 2.24) is 10.2 Å². The molecule has 2 saturated heterocycles. The summed E-state index contributed by atoms with van der Waals surface area (Å²) >= 11 is 0. The Kier molecular flexibility index (Phi) is 9.45. The average molecular weight is 666 g/mol. The normalized spacial score (nSPS) is 27.5. The number of ether oxygens (including phenoxy) is 2. The molecular weight excluding hydrogens is 618 g/mol. The lowest BCUT2D eigenvalue weighted by molar-refractivity contribution is -0.255. The maximum Gasteiger partial charge on any atom is 0.266 e. The van der Waals surface area contributed by atoms with E-state index < -0.39 is 6.29 Å². The van der Waals surface area contributed by atoms with Gasteiger partial charge in [-0.1, -0.05) is 61.4 Å². The SMILES string of the molecule is CC(C)(C)NC(=O)[C@H]1CC[C@H]2CCCC[C@H]2N1C[C@H]1C[C@@H](c2ccc(CO)cc2)O[C@@H](c2ccc(N3C(=O)c4ccccc4C3=O)cc2)O1. The molecule has 3 aliphatic heterocycles. The third kappa shape index (κ3) is 6.95.